The Morgan fingerprint density at radius 1 is 1.24 bits per heavy atom. The van der Waals surface area contributed by atoms with Crippen LogP contribution in [-0.4, -0.2) is 55.0 Å². The molecule has 1 fully saturated rings. The molecule has 4 nitrogen and oxygen atoms in total. The van der Waals surface area contributed by atoms with Crippen molar-refractivity contribution in [1.82, 2.24) is 9.80 Å². The minimum atomic E-state index is 0.690. The quantitative estimate of drug-likeness (QED) is 0.565. The topological polar surface area (TPSA) is 44.9 Å². The molecule has 0 saturated heterocycles. The molecule has 1 rings (SSSR count). The van der Waals surface area contributed by atoms with Crippen molar-refractivity contribution in [3.63, 3.8) is 0 Å². The van der Waals surface area contributed by atoms with Crippen LogP contribution in [0.3, 0.4) is 0 Å². The summed E-state index contributed by atoms with van der Waals surface area (Å²) in [5, 5.41) is 0. The van der Waals surface area contributed by atoms with Gasteiger partial charge in [-0.05, 0) is 33.7 Å². The summed E-state index contributed by atoms with van der Waals surface area (Å²) >= 11 is 0. The Balaban J connectivity index is 2.27. The van der Waals surface area contributed by atoms with Gasteiger partial charge in [0.1, 0.15) is 0 Å². The summed E-state index contributed by atoms with van der Waals surface area (Å²) in [5.74, 6) is 0.690. The third-order valence-corrected chi connectivity index (χ3v) is 3.76. The molecule has 0 spiro atoms. The molecule has 2 N–H and O–H groups in total. The molecule has 0 heterocycles. The number of rotatable bonds is 6. The smallest absolute Gasteiger partial charge is 0.191 e. The summed E-state index contributed by atoms with van der Waals surface area (Å²) < 4.78 is 0. The number of nitrogens with two attached hydrogens (primary N) is 1. The molecular formula is C13H28N4. The number of nitrogens with zero attached hydrogens (tertiary/aromatic N) is 3. The van der Waals surface area contributed by atoms with E-state index in [1.54, 1.807) is 0 Å². The van der Waals surface area contributed by atoms with Crippen LogP contribution in [0, 0.1) is 0 Å². The highest BCUT2D eigenvalue weighted by atomic mass is 15.2. The van der Waals surface area contributed by atoms with Gasteiger partial charge in [-0.2, -0.15) is 0 Å². The first-order valence-electron chi connectivity index (χ1n) is 6.94. The summed E-state index contributed by atoms with van der Waals surface area (Å²) in [6, 6.07) is 0.778. The van der Waals surface area contributed by atoms with E-state index in [4.69, 9.17) is 5.73 Å². The van der Waals surface area contributed by atoms with Crippen LogP contribution in [0.15, 0.2) is 4.99 Å². The summed E-state index contributed by atoms with van der Waals surface area (Å²) in [5.41, 5.74) is 5.94. The summed E-state index contributed by atoms with van der Waals surface area (Å²) in [6.07, 6.45) is 5.48. The molecule has 0 amide bonds. The molecule has 1 aliphatic carbocycles. The summed E-state index contributed by atoms with van der Waals surface area (Å²) in [7, 11) is 2.21. The fourth-order valence-corrected chi connectivity index (χ4v) is 2.50. The minimum absolute atomic E-state index is 0.690. The number of guanidine groups is 1. The molecule has 0 aromatic carbocycles. The lowest BCUT2D eigenvalue weighted by molar-refractivity contribution is 0.252. The van der Waals surface area contributed by atoms with Gasteiger partial charge in [0, 0.05) is 25.7 Å². The highest BCUT2D eigenvalue weighted by molar-refractivity contribution is 5.77. The van der Waals surface area contributed by atoms with Crippen LogP contribution in [0.5, 0.6) is 0 Å². The maximum Gasteiger partial charge on any atom is 0.191 e. The van der Waals surface area contributed by atoms with E-state index in [0.717, 1.165) is 32.2 Å². The van der Waals surface area contributed by atoms with Crippen molar-refractivity contribution in [2.75, 3.05) is 33.2 Å². The first-order valence-corrected chi connectivity index (χ1v) is 6.94. The molecule has 1 aliphatic rings. The number of aliphatic imine (C=N–C) groups is 1. The molecule has 1 saturated carbocycles. The Hall–Kier alpha value is -0.770. The van der Waals surface area contributed by atoms with Crippen LogP contribution in [0.1, 0.15) is 39.5 Å². The Morgan fingerprint density at radius 2 is 1.82 bits per heavy atom. The van der Waals surface area contributed by atoms with Gasteiger partial charge in [-0.15, -0.1) is 0 Å². The highest BCUT2D eigenvalue weighted by Gasteiger charge is 2.18. The molecule has 4 heteroatoms. The van der Waals surface area contributed by atoms with Crippen molar-refractivity contribution in [1.29, 1.82) is 0 Å². The lowest BCUT2D eigenvalue weighted by atomic mass is 10.2. The maximum absolute atomic E-state index is 5.94. The van der Waals surface area contributed by atoms with E-state index in [9.17, 15) is 0 Å². The van der Waals surface area contributed by atoms with Gasteiger partial charge in [0.25, 0.3) is 0 Å². The molecule has 0 atom stereocenters. The monoisotopic (exact) mass is 240 g/mol. The molecule has 0 aromatic rings. The second-order valence-electron chi connectivity index (χ2n) is 4.83. The SMILES string of the molecule is CCN(CC)C(N)=NCCN(C)C1CCCC1. The van der Waals surface area contributed by atoms with Crippen molar-refractivity contribution < 1.29 is 0 Å². The van der Waals surface area contributed by atoms with Crippen LogP contribution in [-0.2, 0) is 0 Å². The molecule has 0 aliphatic heterocycles. The third kappa shape index (κ3) is 4.54. The lowest BCUT2D eigenvalue weighted by Gasteiger charge is -2.24. The van der Waals surface area contributed by atoms with E-state index >= 15 is 0 Å². The average molecular weight is 240 g/mol. The number of likely N-dealkylation sites (N-methyl/N-ethyl adjacent to an activating group) is 1. The number of hydrogen-bond acceptors (Lipinski definition) is 2. The first kappa shape index (κ1) is 14.3. The van der Waals surface area contributed by atoms with Crippen LogP contribution in [0.4, 0.5) is 0 Å². The van der Waals surface area contributed by atoms with Gasteiger partial charge in [-0.3, -0.25) is 4.99 Å². The average Bonchev–Trinajstić information content (AvgIpc) is 2.84. The van der Waals surface area contributed by atoms with Gasteiger partial charge in [0.2, 0.25) is 0 Å². The van der Waals surface area contributed by atoms with Gasteiger partial charge < -0.3 is 15.5 Å². The highest BCUT2D eigenvalue weighted by Crippen LogP contribution is 2.21. The lowest BCUT2D eigenvalue weighted by Crippen LogP contribution is -2.38. The minimum Gasteiger partial charge on any atom is -0.370 e. The molecule has 100 valence electrons. The summed E-state index contributed by atoms with van der Waals surface area (Å²) in [6.45, 7) is 7.92. The molecular weight excluding hydrogens is 212 g/mol. The normalized spacial score (nSPS) is 18.0. The Morgan fingerprint density at radius 3 is 2.35 bits per heavy atom. The molecule has 0 radical (unpaired) electrons. The Bertz CT molecular complexity index is 230. The number of hydrogen-bond donors (Lipinski definition) is 1. The van der Waals surface area contributed by atoms with Crippen molar-refractivity contribution in [3.8, 4) is 0 Å². The molecule has 17 heavy (non-hydrogen) atoms. The van der Waals surface area contributed by atoms with E-state index in [2.05, 4.69) is 35.7 Å². The second-order valence-corrected chi connectivity index (χ2v) is 4.83. The van der Waals surface area contributed by atoms with Crippen LogP contribution >= 0.6 is 0 Å². The predicted molar refractivity (Wildman–Crippen MR) is 74.3 cm³/mol. The van der Waals surface area contributed by atoms with Crippen molar-refractivity contribution in [2.24, 2.45) is 10.7 Å². The molecule has 0 aromatic heterocycles. The van der Waals surface area contributed by atoms with Gasteiger partial charge in [0.05, 0.1) is 6.54 Å². The van der Waals surface area contributed by atoms with E-state index in [-0.39, 0.29) is 0 Å². The maximum atomic E-state index is 5.94. The van der Waals surface area contributed by atoms with Crippen molar-refractivity contribution >= 4 is 5.96 Å². The fourth-order valence-electron chi connectivity index (χ4n) is 2.50. The van der Waals surface area contributed by atoms with E-state index in [1.807, 2.05) is 0 Å². The standard InChI is InChI=1S/C13H28N4/c1-4-17(5-2)13(14)15-10-11-16(3)12-8-6-7-9-12/h12H,4-11H2,1-3H3,(H2,14,15). The van der Waals surface area contributed by atoms with Crippen LogP contribution in [0.2, 0.25) is 0 Å². The second kappa shape index (κ2) is 7.54. The van der Waals surface area contributed by atoms with Gasteiger partial charge >= 0.3 is 0 Å². The van der Waals surface area contributed by atoms with Crippen LogP contribution in [0.25, 0.3) is 0 Å². The molecule has 0 bridgehead atoms. The fraction of sp³-hybridized carbons (Fsp3) is 0.923. The zero-order valence-electron chi connectivity index (χ0n) is 11.7. The van der Waals surface area contributed by atoms with E-state index in [0.29, 0.717) is 5.96 Å². The Labute approximate surface area is 106 Å². The van der Waals surface area contributed by atoms with Crippen molar-refractivity contribution in [3.05, 3.63) is 0 Å². The van der Waals surface area contributed by atoms with Crippen LogP contribution < -0.4 is 5.73 Å². The summed E-state index contributed by atoms with van der Waals surface area (Å²) in [4.78, 5) is 8.99. The largest absolute Gasteiger partial charge is 0.370 e. The zero-order chi connectivity index (χ0) is 12.7. The van der Waals surface area contributed by atoms with Crippen molar-refractivity contribution in [2.45, 2.75) is 45.6 Å². The van der Waals surface area contributed by atoms with Gasteiger partial charge in [-0.1, -0.05) is 12.8 Å². The Kier molecular flexibility index (Phi) is 6.34. The predicted octanol–water partition coefficient (Wildman–Crippen LogP) is 1.52. The first-order chi connectivity index (χ1) is 8.19. The van der Waals surface area contributed by atoms with E-state index < -0.39 is 0 Å². The van der Waals surface area contributed by atoms with Gasteiger partial charge in [-0.25, -0.2) is 0 Å². The van der Waals surface area contributed by atoms with E-state index in [1.165, 1.54) is 25.7 Å². The zero-order valence-corrected chi connectivity index (χ0v) is 11.7. The van der Waals surface area contributed by atoms with Gasteiger partial charge in [0.15, 0.2) is 5.96 Å². The molecule has 0 unspecified atom stereocenters. The third-order valence-electron chi connectivity index (χ3n) is 3.76.